The quantitative estimate of drug-likeness (QED) is 0.216. The number of rotatable bonds is 7. The van der Waals surface area contributed by atoms with Crippen molar-refractivity contribution in [2.24, 2.45) is 0 Å². The van der Waals surface area contributed by atoms with Gasteiger partial charge in [-0.05, 0) is 48.5 Å². The van der Waals surface area contributed by atoms with Crippen LogP contribution in [0.3, 0.4) is 0 Å². The van der Waals surface area contributed by atoms with E-state index in [1.165, 1.54) is 39.1 Å². The summed E-state index contributed by atoms with van der Waals surface area (Å²) in [6, 6.07) is 54.1. The van der Waals surface area contributed by atoms with Crippen LogP contribution in [0.15, 0.2) is 152 Å². The van der Waals surface area contributed by atoms with E-state index in [0.717, 1.165) is 0 Å². The lowest BCUT2D eigenvalue weighted by Crippen LogP contribution is -2.20. The molecule has 0 nitrogen and oxygen atoms in total. The van der Waals surface area contributed by atoms with Gasteiger partial charge in [0.15, 0.2) is 0 Å². The fourth-order valence-corrected chi connectivity index (χ4v) is 8.66. The Bertz CT molecular complexity index is 1090. The average Bonchev–Trinajstić information content (AvgIpc) is 2.95. The molecule has 2 heteroatoms. The molecular weight excluding hydrogens is 458 g/mol. The van der Waals surface area contributed by atoms with Crippen LogP contribution in [0.25, 0.3) is 0 Å². The smallest absolute Gasteiger partial charge is 0.0134 e. The maximum absolute atomic E-state index is 2.27. The summed E-state index contributed by atoms with van der Waals surface area (Å²) in [6.07, 6.45) is 2.53. The average molecular weight is 491 g/mol. The van der Waals surface area contributed by atoms with Gasteiger partial charge in [0, 0.05) is 0 Å². The van der Waals surface area contributed by atoms with E-state index in [4.69, 9.17) is 0 Å². The molecule has 0 fully saturated rings. The molecule has 35 heavy (non-hydrogen) atoms. The monoisotopic (exact) mass is 490 g/mol. The fraction of sp³-hybridized carbons (Fsp3) is 0.0909. The van der Waals surface area contributed by atoms with E-state index >= 15 is 0 Å². The molecule has 0 heterocycles. The van der Waals surface area contributed by atoms with Crippen molar-refractivity contribution in [2.45, 2.75) is 13.3 Å². The van der Waals surface area contributed by atoms with E-state index in [0.29, 0.717) is 0 Å². The highest BCUT2D eigenvalue weighted by atomic mass is 31.1. The van der Waals surface area contributed by atoms with Crippen molar-refractivity contribution in [3.63, 3.8) is 0 Å². The second-order valence-corrected chi connectivity index (χ2v) is 12.7. The standard InChI is InChI=1S/C18H15P.C15H17P/c1-4-10-16(11-5-1)19(17-12-6-2-7-13-17)18-14-8-3-9-15-18;1-2-13-16(14-9-5-3-6-10-14)15-11-7-4-8-12-15/h1-15H;3-12H,2,13H2,1H3. The predicted molar refractivity (Wildman–Crippen MR) is 159 cm³/mol. The normalized spacial score (nSPS) is 10.6. The zero-order valence-electron chi connectivity index (χ0n) is 20.2. The molecular formula is C33H32P2. The van der Waals surface area contributed by atoms with Gasteiger partial charge in [-0.15, -0.1) is 0 Å². The molecule has 0 bridgehead atoms. The van der Waals surface area contributed by atoms with Crippen LogP contribution in [0.5, 0.6) is 0 Å². The molecule has 0 N–H and O–H groups in total. The number of benzene rings is 5. The zero-order chi connectivity index (χ0) is 24.1. The Morgan fingerprint density at radius 1 is 0.371 bits per heavy atom. The first kappa shape index (κ1) is 25.1. The van der Waals surface area contributed by atoms with Crippen LogP contribution in [-0.4, -0.2) is 6.16 Å². The minimum Gasteiger partial charge on any atom is -0.0650 e. The molecule has 5 aromatic rings. The third-order valence-corrected chi connectivity index (χ3v) is 10.8. The molecule has 0 unspecified atom stereocenters. The summed E-state index contributed by atoms with van der Waals surface area (Å²) in [5, 5.41) is 7.18. The Hall–Kier alpha value is -3.04. The Morgan fingerprint density at radius 2 is 0.629 bits per heavy atom. The molecule has 0 spiro atoms. The van der Waals surface area contributed by atoms with Crippen LogP contribution in [0, 0.1) is 0 Å². The van der Waals surface area contributed by atoms with Crippen LogP contribution in [-0.2, 0) is 0 Å². The summed E-state index contributed by atoms with van der Waals surface area (Å²) in [7, 11) is -0.597. The van der Waals surface area contributed by atoms with Gasteiger partial charge in [0.25, 0.3) is 0 Å². The molecule has 0 atom stereocenters. The highest BCUT2D eigenvalue weighted by molar-refractivity contribution is 7.79. The lowest BCUT2D eigenvalue weighted by atomic mass is 10.4. The summed E-state index contributed by atoms with van der Waals surface area (Å²) < 4.78 is 0. The molecule has 5 rings (SSSR count). The van der Waals surface area contributed by atoms with E-state index in [2.05, 4.69) is 159 Å². The van der Waals surface area contributed by atoms with Crippen molar-refractivity contribution in [3.8, 4) is 0 Å². The second-order valence-electron chi connectivity index (χ2n) is 8.16. The Kier molecular flexibility index (Phi) is 9.85. The van der Waals surface area contributed by atoms with Crippen LogP contribution >= 0.6 is 15.8 Å². The molecule has 0 aliphatic rings. The Balaban J connectivity index is 0.000000168. The zero-order valence-corrected chi connectivity index (χ0v) is 22.0. The first-order valence-corrected chi connectivity index (χ1v) is 15.1. The first-order valence-electron chi connectivity index (χ1n) is 12.2. The summed E-state index contributed by atoms with van der Waals surface area (Å²) in [5.41, 5.74) is 0. The molecule has 0 aromatic heterocycles. The van der Waals surface area contributed by atoms with E-state index in [9.17, 15) is 0 Å². The minimum absolute atomic E-state index is 0.151. The van der Waals surface area contributed by atoms with Gasteiger partial charge in [-0.1, -0.05) is 165 Å². The van der Waals surface area contributed by atoms with E-state index in [1.807, 2.05) is 0 Å². The molecule has 0 aliphatic carbocycles. The Morgan fingerprint density at radius 3 is 0.886 bits per heavy atom. The third kappa shape index (κ3) is 7.22. The van der Waals surface area contributed by atoms with E-state index < -0.39 is 7.92 Å². The predicted octanol–water partition coefficient (Wildman–Crippen LogP) is 6.97. The largest absolute Gasteiger partial charge is 0.0650 e. The maximum atomic E-state index is 2.27. The lowest BCUT2D eigenvalue weighted by molar-refractivity contribution is 1.10. The van der Waals surface area contributed by atoms with Crippen LogP contribution in [0.4, 0.5) is 0 Å². The van der Waals surface area contributed by atoms with Gasteiger partial charge in [-0.3, -0.25) is 0 Å². The summed E-state index contributed by atoms with van der Waals surface area (Å²) in [6.45, 7) is 2.27. The van der Waals surface area contributed by atoms with Crippen LogP contribution in [0.2, 0.25) is 0 Å². The van der Waals surface area contributed by atoms with Crippen molar-refractivity contribution in [1.29, 1.82) is 0 Å². The lowest BCUT2D eigenvalue weighted by Gasteiger charge is -2.18. The third-order valence-electron chi connectivity index (χ3n) is 5.63. The second kappa shape index (κ2) is 13.7. The van der Waals surface area contributed by atoms with Gasteiger partial charge in [-0.2, -0.15) is 0 Å². The molecule has 174 valence electrons. The highest BCUT2D eigenvalue weighted by Crippen LogP contribution is 2.34. The van der Waals surface area contributed by atoms with Crippen LogP contribution < -0.4 is 26.5 Å². The van der Waals surface area contributed by atoms with Gasteiger partial charge in [0.1, 0.15) is 0 Å². The molecule has 0 radical (unpaired) electrons. The van der Waals surface area contributed by atoms with Gasteiger partial charge >= 0.3 is 0 Å². The number of hydrogen-bond acceptors (Lipinski definition) is 0. The fourth-order valence-electron chi connectivity index (χ4n) is 4.03. The van der Waals surface area contributed by atoms with Gasteiger partial charge < -0.3 is 0 Å². The van der Waals surface area contributed by atoms with E-state index in [1.54, 1.807) is 0 Å². The Labute approximate surface area is 213 Å². The SMILES string of the molecule is CCCP(c1ccccc1)c1ccccc1.c1ccc(P(c2ccccc2)c2ccccc2)cc1. The highest BCUT2D eigenvalue weighted by Gasteiger charge is 2.15. The maximum Gasteiger partial charge on any atom is -0.0134 e. The van der Waals surface area contributed by atoms with Gasteiger partial charge in [0.2, 0.25) is 0 Å². The number of hydrogen-bond donors (Lipinski definition) is 0. The first-order chi connectivity index (χ1) is 17.4. The molecule has 0 amide bonds. The van der Waals surface area contributed by atoms with Crippen molar-refractivity contribution in [1.82, 2.24) is 0 Å². The molecule has 0 saturated heterocycles. The van der Waals surface area contributed by atoms with E-state index in [-0.39, 0.29) is 7.92 Å². The van der Waals surface area contributed by atoms with Gasteiger partial charge in [0.05, 0.1) is 0 Å². The van der Waals surface area contributed by atoms with Crippen molar-refractivity contribution in [3.05, 3.63) is 152 Å². The molecule has 0 aliphatic heterocycles. The van der Waals surface area contributed by atoms with Crippen LogP contribution in [0.1, 0.15) is 13.3 Å². The summed E-state index contributed by atoms with van der Waals surface area (Å²) in [5.74, 6) is 0. The topological polar surface area (TPSA) is 0 Å². The molecule has 0 saturated carbocycles. The molecule has 5 aromatic carbocycles. The van der Waals surface area contributed by atoms with Crippen molar-refractivity contribution in [2.75, 3.05) is 6.16 Å². The van der Waals surface area contributed by atoms with Crippen molar-refractivity contribution >= 4 is 42.4 Å². The summed E-state index contributed by atoms with van der Waals surface area (Å²) >= 11 is 0. The van der Waals surface area contributed by atoms with Gasteiger partial charge in [-0.25, -0.2) is 0 Å². The summed E-state index contributed by atoms with van der Waals surface area (Å²) in [4.78, 5) is 0. The minimum atomic E-state index is -0.446. The van der Waals surface area contributed by atoms with Crippen molar-refractivity contribution < 1.29 is 0 Å².